The third-order valence-electron chi connectivity index (χ3n) is 5.74. The van der Waals surface area contributed by atoms with Crippen molar-refractivity contribution in [1.82, 2.24) is 20.4 Å². The van der Waals surface area contributed by atoms with Gasteiger partial charge in [-0.3, -0.25) is 14.4 Å². The number of hydrogen-bond donors (Lipinski definition) is 2. The summed E-state index contributed by atoms with van der Waals surface area (Å²) in [6.45, 7) is 4.82. The van der Waals surface area contributed by atoms with Crippen molar-refractivity contribution in [3.05, 3.63) is 64.0 Å². The molecule has 3 aromatic rings. The number of hydrogen-bond acceptors (Lipinski definition) is 7. The molecule has 9 nitrogen and oxygen atoms in total. The van der Waals surface area contributed by atoms with Crippen LogP contribution in [-0.4, -0.2) is 52.0 Å². The van der Waals surface area contributed by atoms with Crippen molar-refractivity contribution in [1.29, 1.82) is 0 Å². The molecule has 34 heavy (non-hydrogen) atoms. The van der Waals surface area contributed by atoms with Crippen LogP contribution in [0.4, 0.5) is 5.69 Å². The number of piperidine rings is 1. The number of furan rings is 1. The summed E-state index contributed by atoms with van der Waals surface area (Å²) in [5, 5.41) is 13.9. The first kappa shape index (κ1) is 23.6. The van der Waals surface area contributed by atoms with E-state index < -0.39 is 5.91 Å². The highest BCUT2D eigenvalue weighted by Gasteiger charge is 2.30. The number of benzene rings is 1. The predicted molar refractivity (Wildman–Crippen MR) is 128 cm³/mol. The molecule has 10 heteroatoms. The maximum absolute atomic E-state index is 12.9. The summed E-state index contributed by atoms with van der Waals surface area (Å²) in [6, 6.07) is 11.1. The zero-order chi connectivity index (χ0) is 24.1. The first-order valence-electron chi connectivity index (χ1n) is 11.2. The maximum atomic E-state index is 12.9. The van der Waals surface area contributed by atoms with E-state index in [4.69, 9.17) is 4.42 Å². The number of rotatable bonds is 7. The van der Waals surface area contributed by atoms with Crippen LogP contribution in [0.2, 0.25) is 0 Å². The molecule has 0 bridgehead atoms. The SMILES string of the molecule is Cc1ccc(NC(=O)c2nnc(C(=O)N3CCC(C(=O)N[C@@H](C)Cc4ccco4)CC3)s2)cc1. The van der Waals surface area contributed by atoms with Gasteiger partial charge in [-0.15, -0.1) is 10.2 Å². The maximum Gasteiger partial charge on any atom is 0.286 e. The van der Waals surface area contributed by atoms with Crippen molar-refractivity contribution in [3.63, 3.8) is 0 Å². The van der Waals surface area contributed by atoms with E-state index in [-0.39, 0.29) is 33.8 Å². The van der Waals surface area contributed by atoms with Crippen molar-refractivity contribution >= 4 is 34.7 Å². The van der Waals surface area contributed by atoms with Gasteiger partial charge in [0.2, 0.25) is 15.9 Å². The van der Waals surface area contributed by atoms with E-state index >= 15 is 0 Å². The summed E-state index contributed by atoms with van der Waals surface area (Å²) in [7, 11) is 0. The van der Waals surface area contributed by atoms with Crippen LogP contribution in [0.5, 0.6) is 0 Å². The number of likely N-dealkylation sites (tertiary alicyclic amines) is 1. The van der Waals surface area contributed by atoms with Gasteiger partial charge < -0.3 is 20.0 Å². The lowest BCUT2D eigenvalue weighted by atomic mass is 9.95. The summed E-state index contributed by atoms with van der Waals surface area (Å²) in [5.41, 5.74) is 1.74. The minimum atomic E-state index is -0.403. The average Bonchev–Trinajstić information content (AvgIpc) is 3.52. The second-order valence-corrected chi connectivity index (χ2v) is 9.47. The molecular formula is C24H27N5O4S. The largest absolute Gasteiger partial charge is 0.469 e. The predicted octanol–water partition coefficient (Wildman–Crippen LogP) is 3.29. The molecule has 4 rings (SSSR count). The Morgan fingerprint density at radius 3 is 2.50 bits per heavy atom. The van der Waals surface area contributed by atoms with E-state index in [1.165, 1.54) is 0 Å². The molecule has 0 saturated carbocycles. The number of nitrogens with zero attached hydrogens (tertiary/aromatic N) is 3. The first-order valence-corrected chi connectivity index (χ1v) is 12.0. The van der Waals surface area contributed by atoms with E-state index in [1.807, 2.05) is 38.1 Å². The van der Waals surface area contributed by atoms with E-state index in [1.54, 1.807) is 23.3 Å². The van der Waals surface area contributed by atoms with Gasteiger partial charge in [0.15, 0.2) is 0 Å². The monoisotopic (exact) mass is 481 g/mol. The van der Waals surface area contributed by atoms with Crippen LogP contribution in [0.25, 0.3) is 0 Å². The highest BCUT2D eigenvalue weighted by atomic mass is 32.1. The Bertz CT molecular complexity index is 1130. The fourth-order valence-electron chi connectivity index (χ4n) is 3.85. The molecule has 1 atom stereocenters. The minimum absolute atomic E-state index is 0.00265. The van der Waals surface area contributed by atoms with Crippen molar-refractivity contribution in [2.45, 2.75) is 39.2 Å². The Morgan fingerprint density at radius 2 is 1.82 bits per heavy atom. The lowest BCUT2D eigenvalue weighted by molar-refractivity contribution is -0.126. The molecule has 2 N–H and O–H groups in total. The van der Waals surface area contributed by atoms with Gasteiger partial charge in [0.1, 0.15) is 5.76 Å². The number of amides is 3. The topological polar surface area (TPSA) is 117 Å². The molecule has 0 unspecified atom stereocenters. The van der Waals surface area contributed by atoms with Crippen LogP contribution in [0.1, 0.15) is 50.7 Å². The number of aryl methyl sites for hydroxylation is 1. The Labute approximate surface area is 201 Å². The summed E-state index contributed by atoms with van der Waals surface area (Å²) in [6.07, 6.45) is 3.40. The van der Waals surface area contributed by atoms with Crippen molar-refractivity contribution < 1.29 is 18.8 Å². The van der Waals surface area contributed by atoms with Gasteiger partial charge >= 0.3 is 0 Å². The summed E-state index contributed by atoms with van der Waals surface area (Å²) >= 11 is 0.969. The van der Waals surface area contributed by atoms with Gasteiger partial charge in [0.05, 0.1) is 6.26 Å². The van der Waals surface area contributed by atoms with Gasteiger partial charge in [-0.05, 0) is 51.0 Å². The molecule has 1 fully saturated rings. The van der Waals surface area contributed by atoms with E-state index in [0.29, 0.717) is 38.0 Å². The second-order valence-electron chi connectivity index (χ2n) is 8.49. The molecule has 3 amide bonds. The highest BCUT2D eigenvalue weighted by molar-refractivity contribution is 7.15. The Morgan fingerprint density at radius 1 is 1.12 bits per heavy atom. The van der Waals surface area contributed by atoms with Crippen LogP contribution in [0.3, 0.4) is 0 Å². The fraction of sp³-hybridized carbons (Fsp3) is 0.375. The fourth-order valence-corrected chi connectivity index (χ4v) is 4.55. The minimum Gasteiger partial charge on any atom is -0.469 e. The van der Waals surface area contributed by atoms with Gasteiger partial charge in [-0.2, -0.15) is 0 Å². The lowest BCUT2D eigenvalue weighted by Gasteiger charge is -2.31. The molecule has 2 aromatic heterocycles. The molecular weight excluding hydrogens is 454 g/mol. The van der Waals surface area contributed by atoms with E-state index in [2.05, 4.69) is 20.8 Å². The Kier molecular flexibility index (Phi) is 7.36. The van der Waals surface area contributed by atoms with E-state index in [0.717, 1.165) is 22.7 Å². The summed E-state index contributed by atoms with van der Waals surface area (Å²) in [4.78, 5) is 39.6. The standard InChI is InChI=1S/C24H27N5O4S/c1-15-5-7-18(8-6-15)26-21(31)22-27-28-23(34-22)24(32)29-11-9-17(10-12-29)20(30)25-16(2)14-19-4-3-13-33-19/h3-8,13,16-17H,9-12,14H2,1-2H3,(H,25,30)(H,26,31)/t16-/m0/s1. The number of carbonyl (C=O) groups excluding carboxylic acids is 3. The van der Waals surface area contributed by atoms with Crippen LogP contribution >= 0.6 is 11.3 Å². The number of nitrogens with one attached hydrogen (secondary N) is 2. The van der Waals surface area contributed by atoms with Crippen LogP contribution < -0.4 is 10.6 Å². The van der Waals surface area contributed by atoms with Crippen LogP contribution in [0, 0.1) is 12.8 Å². The lowest BCUT2D eigenvalue weighted by Crippen LogP contribution is -2.45. The van der Waals surface area contributed by atoms with Gasteiger partial charge in [0, 0.05) is 37.2 Å². The zero-order valence-electron chi connectivity index (χ0n) is 19.1. The van der Waals surface area contributed by atoms with Gasteiger partial charge in [-0.25, -0.2) is 0 Å². The molecule has 0 aliphatic carbocycles. The third-order valence-corrected chi connectivity index (χ3v) is 6.65. The molecule has 1 aromatic carbocycles. The normalized spacial score (nSPS) is 15.1. The third kappa shape index (κ3) is 5.88. The van der Waals surface area contributed by atoms with Crippen molar-refractivity contribution in [2.24, 2.45) is 5.92 Å². The molecule has 1 aliphatic rings. The molecule has 3 heterocycles. The molecule has 1 saturated heterocycles. The van der Waals surface area contributed by atoms with Gasteiger partial charge in [-0.1, -0.05) is 29.0 Å². The second kappa shape index (κ2) is 10.6. The number of carbonyl (C=O) groups is 3. The molecule has 1 aliphatic heterocycles. The number of anilines is 1. The zero-order valence-corrected chi connectivity index (χ0v) is 19.9. The van der Waals surface area contributed by atoms with Crippen molar-refractivity contribution in [3.8, 4) is 0 Å². The average molecular weight is 482 g/mol. The highest BCUT2D eigenvalue weighted by Crippen LogP contribution is 2.21. The van der Waals surface area contributed by atoms with Gasteiger partial charge in [0.25, 0.3) is 11.8 Å². The molecule has 0 radical (unpaired) electrons. The number of aromatic nitrogens is 2. The van der Waals surface area contributed by atoms with E-state index in [9.17, 15) is 14.4 Å². The van der Waals surface area contributed by atoms with Crippen LogP contribution in [-0.2, 0) is 11.2 Å². The quantitative estimate of drug-likeness (QED) is 0.535. The summed E-state index contributed by atoms with van der Waals surface area (Å²) < 4.78 is 5.33. The molecule has 0 spiro atoms. The Balaban J connectivity index is 1.26. The first-order chi connectivity index (χ1) is 16.4. The smallest absolute Gasteiger partial charge is 0.286 e. The Hall–Kier alpha value is -3.53. The van der Waals surface area contributed by atoms with Crippen LogP contribution in [0.15, 0.2) is 47.1 Å². The summed E-state index contributed by atoms with van der Waals surface area (Å²) in [5.74, 6) is 0.0130. The molecule has 178 valence electrons. The van der Waals surface area contributed by atoms with Crippen molar-refractivity contribution in [2.75, 3.05) is 18.4 Å².